The number of carbonyl (C=O) groups is 3. The highest BCUT2D eigenvalue weighted by atomic mass is 16.3. The molecule has 9 heteroatoms. The number of nitrogens with zero attached hydrogens (tertiary/aromatic N) is 2. The van der Waals surface area contributed by atoms with Crippen molar-refractivity contribution in [2.75, 3.05) is 33.1 Å². The Morgan fingerprint density at radius 3 is 2.26 bits per heavy atom. The van der Waals surface area contributed by atoms with Crippen LogP contribution in [0.5, 0.6) is 0 Å². The van der Waals surface area contributed by atoms with Crippen molar-refractivity contribution in [2.24, 2.45) is 23.5 Å². The first kappa shape index (κ1) is 24.0. The van der Waals surface area contributed by atoms with Gasteiger partial charge in [-0.05, 0) is 63.4 Å². The van der Waals surface area contributed by atoms with E-state index in [0.29, 0.717) is 24.0 Å². The molecular weight excluding hydrogens is 438 g/mol. The zero-order valence-electron chi connectivity index (χ0n) is 20.0. The van der Waals surface area contributed by atoms with E-state index in [1.165, 1.54) is 6.92 Å². The van der Waals surface area contributed by atoms with Crippen molar-refractivity contribution in [2.45, 2.75) is 31.9 Å². The van der Waals surface area contributed by atoms with Crippen LogP contribution >= 0.6 is 0 Å². The molecule has 34 heavy (non-hydrogen) atoms. The van der Waals surface area contributed by atoms with Crippen LogP contribution in [0.15, 0.2) is 34.8 Å². The van der Waals surface area contributed by atoms with E-state index in [0.717, 1.165) is 11.3 Å². The second kappa shape index (κ2) is 8.25. The minimum atomic E-state index is -1.54. The lowest BCUT2D eigenvalue weighted by Crippen LogP contribution is -2.54. The number of benzene rings is 1. The van der Waals surface area contributed by atoms with Crippen molar-refractivity contribution >= 4 is 23.2 Å². The third kappa shape index (κ3) is 3.42. The highest BCUT2D eigenvalue weighted by molar-refractivity contribution is 6.14. The Morgan fingerprint density at radius 2 is 1.74 bits per heavy atom. The molecule has 5 N–H and O–H groups in total. The van der Waals surface area contributed by atoms with Gasteiger partial charge in [-0.2, -0.15) is 0 Å². The molecule has 3 aliphatic carbocycles. The average molecular weight is 470 g/mol. The number of aliphatic hydroxyl groups excluding tert-OH is 3. The normalized spacial score (nSPS) is 28.4. The summed E-state index contributed by atoms with van der Waals surface area (Å²) < 4.78 is 0. The predicted molar refractivity (Wildman–Crippen MR) is 126 cm³/mol. The van der Waals surface area contributed by atoms with Crippen molar-refractivity contribution in [3.63, 3.8) is 0 Å². The number of allylic oxidation sites excluding steroid dienone is 1. The van der Waals surface area contributed by atoms with E-state index in [1.807, 2.05) is 19.0 Å². The van der Waals surface area contributed by atoms with Crippen LogP contribution in [0.3, 0.4) is 0 Å². The average Bonchev–Trinajstić information content (AvgIpc) is 2.72. The molecule has 0 saturated heterocycles. The van der Waals surface area contributed by atoms with Gasteiger partial charge in [-0.15, -0.1) is 0 Å². The molecule has 3 aliphatic rings. The Kier molecular flexibility index (Phi) is 5.81. The number of anilines is 1. The molecule has 4 rings (SSSR count). The fraction of sp³-hybridized carbons (Fsp3) is 0.480. The van der Waals surface area contributed by atoms with Crippen LogP contribution in [0.2, 0.25) is 0 Å². The maximum atomic E-state index is 13.7. The molecule has 5 atom stereocenters. The van der Waals surface area contributed by atoms with Crippen LogP contribution in [-0.2, 0) is 11.2 Å². The first-order valence-corrected chi connectivity index (χ1v) is 11.3. The lowest BCUT2D eigenvalue weighted by Gasteiger charge is -2.48. The summed E-state index contributed by atoms with van der Waals surface area (Å²) in [5, 5.41) is 33.2. The molecule has 1 aromatic carbocycles. The number of aliphatic hydroxyl groups is 3. The number of Topliss-reactive ketones (excluding diaryl/α,β-unsaturated/α-hetero) is 2. The molecule has 0 radical (unpaired) electrons. The van der Waals surface area contributed by atoms with Gasteiger partial charge in [0.1, 0.15) is 11.5 Å². The number of ketones is 2. The summed E-state index contributed by atoms with van der Waals surface area (Å²) in [6.45, 7) is 1.43. The largest absolute Gasteiger partial charge is 0.511 e. The molecule has 0 bridgehead atoms. The topological polar surface area (TPSA) is 144 Å². The number of nitrogens with two attached hydrogens (primary N) is 1. The Bertz CT molecular complexity index is 1170. The fourth-order valence-corrected chi connectivity index (χ4v) is 6.04. The van der Waals surface area contributed by atoms with Gasteiger partial charge in [0.05, 0.1) is 23.6 Å². The first-order valence-electron chi connectivity index (χ1n) is 11.3. The van der Waals surface area contributed by atoms with E-state index in [-0.39, 0.29) is 40.1 Å². The highest BCUT2D eigenvalue weighted by Crippen LogP contribution is 2.51. The van der Waals surface area contributed by atoms with Gasteiger partial charge in [0.25, 0.3) is 5.91 Å². The van der Waals surface area contributed by atoms with Crippen molar-refractivity contribution in [3.05, 3.63) is 51.5 Å². The minimum Gasteiger partial charge on any atom is -0.511 e. The number of rotatable bonds is 4. The summed E-state index contributed by atoms with van der Waals surface area (Å²) in [5.41, 5.74) is 7.63. The summed E-state index contributed by atoms with van der Waals surface area (Å²) >= 11 is 0. The number of carbonyl (C=O) groups excluding carboxylic acids is 3. The maximum absolute atomic E-state index is 13.7. The van der Waals surface area contributed by atoms with Crippen LogP contribution in [0, 0.1) is 17.8 Å². The van der Waals surface area contributed by atoms with Crippen LogP contribution in [0.4, 0.5) is 5.69 Å². The summed E-state index contributed by atoms with van der Waals surface area (Å²) in [6, 6.07) is 2.68. The second-order valence-corrected chi connectivity index (χ2v) is 9.94. The van der Waals surface area contributed by atoms with Crippen molar-refractivity contribution in [1.29, 1.82) is 0 Å². The third-order valence-corrected chi connectivity index (χ3v) is 7.49. The number of likely N-dealkylation sites (N-methyl/N-ethyl adjacent to an activating group) is 1. The van der Waals surface area contributed by atoms with E-state index in [2.05, 4.69) is 0 Å². The Labute approximate surface area is 198 Å². The van der Waals surface area contributed by atoms with E-state index in [1.54, 1.807) is 31.1 Å². The molecule has 0 aliphatic heterocycles. The standard InChI is InChI=1S/C25H31N3O6/c1-10(29)11-6-14-13(16(9-11)27(2)3)7-12-8-15-18(22(31)17(12)21(14)30)23(32)19(25(26)34)24(33)20(15)28(4)5/h6,9,12,15,18,20,23,31-33H,7-8H2,1-5H3,(H2,26,34). The minimum absolute atomic E-state index is 0.175. The van der Waals surface area contributed by atoms with Gasteiger partial charge < -0.3 is 26.0 Å². The third-order valence-electron chi connectivity index (χ3n) is 7.49. The van der Waals surface area contributed by atoms with Gasteiger partial charge in [-0.1, -0.05) is 0 Å². The number of fused-ring (bicyclic) bond motifs is 3. The lowest BCUT2D eigenvalue weighted by atomic mass is 9.60. The van der Waals surface area contributed by atoms with Gasteiger partial charge in [0, 0.05) is 36.5 Å². The van der Waals surface area contributed by atoms with Gasteiger partial charge in [-0.3, -0.25) is 19.3 Å². The van der Waals surface area contributed by atoms with E-state index in [9.17, 15) is 29.7 Å². The molecule has 0 spiro atoms. The van der Waals surface area contributed by atoms with Gasteiger partial charge in [0.15, 0.2) is 11.6 Å². The maximum Gasteiger partial charge on any atom is 0.250 e. The van der Waals surface area contributed by atoms with E-state index in [4.69, 9.17) is 5.73 Å². The summed E-state index contributed by atoms with van der Waals surface area (Å²) in [5.74, 6) is -3.88. The Morgan fingerprint density at radius 1 is 1.09 bits per heavy atom. The molecule has 9 nitrogen and oxygen atoms in total. The molecule has 182 valence electrons. The summed E-state index contributed by atoms with van der Waals surface area (Å²) in [7, 11) is 7.16. The zero-order chi connectivity index (χ0) is 25.2. The Hall–Kier alpha value is -3.17. The first-order chi connectivity index (χ1) is 15.9. The number of hydrogen-bond donors (Lipinski definition) is 4. The van der Waals surface area contributed by atoms with Crippen molar-refractivity contribution < 1.29 is 29.7 Å². The fourth-order valence-electron chi connectivity index (χ4n) is 6.04. The van der Waals surface area contributed by atoms with Gasteiger partial charge in [0.2, 0.25) is 0 Å². The molecule has 5 unspecified atom stereocenters. The van der Waals surface area contributed by atoms with Crippen LogP contribution in [0.1, 0.15) is 39.6 Å². The number of primary amides is 1. The smallest absolute Gasteiger partial charge is 0.250 e. The quantitative estimate of drug-likeness (QED) is 0.484. The molecular formula is C25H31N3O6. The van der Waals surface area contributed by atoms with Gasteiger partial charge >= 0.3 is 0 Å². The summed E-state index contributed by atoms with van der Waals surface area (Å²) in [4.78, 5) is 41.5. The van der Waals surface area contributed by atoms with Crippen LogP contribution < -0.4 is 10.6 Å². The van der Waals surface area contributed by atoms with E-state index < -0.39 is 29.9 Å². The Balaban J connectivity index is 1.91. The zero-order valence-corrected chi connectivity index (χ0v) is 20.0. The lowest BCUT2D eigenvalue weighted by molar-refractivity contribution is -0.117. The van der Waals surface area contributed by atoms with Gasteiger partial charge in [-0.25, -0.2) is 0 Å². The SMILES string of the molecule is CC(=O)c1cc2c(c(N(C)C)c1)CC1CC3C(C(O)=C1C2=O)C(O)C(C(N)=O)=C(O)C3N(C)C. The molecule has 1 amide bonds. The molecule has 0 fully saturated rings. The molecule has 0 aromatic heterocycles. The second-order valence-electron chi connectivity index (χ2n) is 9.94. The number of amides is 1. The molecule has 1 aromatic rings. The van der Waals surface area contributed by atoms with Crippen LogP contribution in [-0.4, -0.2) is 78.0 Å². The van der Waals surface area contributed by atoms with Crippen LogP contribution in [0.25, 0.3) is 0 Å². The molecule has 0 saturated carbocycles. The van der Waals surface area contributed by atoms with Crippen molar-refractivity contribution in [1.82, 2.24) is 4.90 Å². The number of hydrogen-bond acceptors (Lipinski definition) is 8. The monoisotopic (exact) mass is 469 g/mol. The summed E-state index contributed by atoms with van der Waals surface area (Å²) in [6.07, 6.45) is -0.673. The predicted octanol–water partition coefficient (Wildman–Crippen LogP) is 1.36. The highest BCUT2D eigenvalue weighted by Gasteiger charge is 2.54. The molecule has 0 heterocycles. The van der Waals surface area contributed by atoms with E-state index >= 15 is 0 Å². The van der Waals surface area contributed by atoms with Crippen molar-refractivity contribution in [3.8, 4) is 0 Å².